The lowest BCUT2D eigenvalue weighted by Gasteiger charge is -2.31. The van der Waals surface area contributed by atoms with Crippen molar-refractivity contribution >= 4 is 22.9 Å². The summed E-state index contributed by atoms with van der Waals surface area (Å²) in [5.74, 6) is -0.0415. The maximum absolute atomic E-state index is 13.1. The largest absolute Gasteiger partial charge is 0.329 e. The molecule has 0 bridgehead atoms. The molecule has 0 radical (unpaired) electrons. The van der Waals surface area contributed by atoms with Crippen molar-refractivity contribution in [2.45, 2.75) is 25.9 Å². The number of carbonyl (C=O) groups excluding carboxylic acids is 1. The summed E-state index contributed by atoms with van der Waals surface area (Å²) in [7, 11) is 0. The first-order chi connectivity index (χ1) is 10.7. The second kappa shape index (κ2) is 7.67. The molecule has 1 aromatic carbocycles. The summed E-state index contributed by atoms with van der Waals surface area (Å²) in [6.07, 6.45) is 3.19. The standard InChI is InChI=1S/C15H19N5O2.BrH/c1-11-9-18-22-10-12(2)19(11)15(21)13-5-3-4-6-14(13)20-16-7-8-17-20;/h3-8,11-12,18H,9-10H2,1-2H3;1H/t11-,12+;/m0./s1. The van der Waals surface area contributed by atoms with E-state index in [-0.39, 0.29) is 35.0 Å². The molecular formula is C15H20BrN5O2. The van der Waals surface area contributed by atoms with E-state index in [4.69, 9.17) is 4.84 Å². The van der Waals surface area contributed by atoms with Crippen molar-refractivity contribution in [2.24, 2.45) is 0 Å². The fraction of sp³-hybridized carbons (Fsp3) is 0.400. The predicted octanol–water partition coefficient (Wildman–Crippen LogP) is 1.60. The van der Waals surface area contributed by atoms with E-state index in [1.165, 1.54) is 4.80 Å². The molecule has 1 fully saturated rings. The van der Waals surface area contributed by atoms with Crippen LogP contribution < -0.4 is 5.48 Å². The molecule has 1 aromatic heterocycles. The number of carbonyl (C=O) groups is 1. The predicted molar refractivity (Wildman–Crippen MR) is 90.7 cm³/mol. The maximum atomic E-state index is 13.1. The molecule has 1 amide bonds. The maximum Gasteiger partial charge on any atom is 0.256 e. The van der Waals surface area contributed by atoms with Gasteiger partial charge < -0.3 is 4.90 Å². The number of hydroxylamine groups is 1. The zero-order valence-electron chi connectivity index (χ0n) is 13.0. The van der Waals surface area contributed by atoms with Gasteiger partial charge in [-0.2, -0.15) is 15.0 Å². The molecule has 23 heavy (non-hydrogen) atoms. The molecule has 1 saturated heterocycles. The van der Waals surface area contributed by atoms with Crippen LogP contribution in [0.5, 0.6) is 0 Å². The minimum Gasteiger partial charge on any atom is -0.329 e. The lowest BCUT2D eigenvalue weighted by Crippen LogP contribution is -2.47. The van der Waals surface area contributed by atoms with Crippen molar-refractivity contribution in [3.05, 3.63) is 42.2 Å². The molecule has 3 rings (SSSR count). The quantitative estimate of drug-likeness (QED) is 0.855. The Hall–Kier alpha value is -1.77. The molecule has 1 aliphatic rings. The van der Waals surface area contributed by atoms with Crippen LogP contribution in [0.1, 0.15) is 24.2 Å². The number of nitrogens with zero attached hydrogens (tertiary/aromatic N) is 4. The molecule has 1 N–H and O–H groups in total. The zero-order valence-corrected chi connectivity index (χ0v) is 14.8. The van der Waals surface area contributed by atoms with Gasteiger partial charge in [-0.3, -0.25) is 9.63 Å². The number of amides is 1. The summed E-state index contributed by atoms with van der Waals surface area (Å²) >= 11 is 0. The smallest absolute Gasteiger partial charge is 0.256 e. The number of aromatic nitrogens is 3. The van der Waals surface area contributed by atoms with Crippen molar-refractivity contribution in [2.75, 3.05) is 13.2 Å². The number of rotatable bonds is 2. The minimum atomic E-state index is -0.0415. The summed E-state index contributed by atoms with van der Waals surface area (Å²) in [5, 5.41) is 8.26. The number of nitrogens with one attached hydrogen (secondary N) is 1. The molecule has 0 unspecified atom stereocenters. The van der Waals surface area contributed by atoms with Gasteiger partial charge in [0, 0.05) is 12.6 Å². The van der Waals surface area contributed by atoms with Crippen LogP contribution in [0, 0.1) is 0 Å². The van der Waals surface area contributed by atoms with Gasteiger partial charge in [0.1, 0.15) is 0 Å². The van der Waals surface area contributed by atoms with E-state index < -0.39 is 0 Å². The third-order valence-corrected chi connectivity index (χ3v) is 3.76. The number of hydrogen-bond donors (Lipinski definition) is 1. The van der Waals surface area contributed by atoms with Crippen molar-refractivity contribution in [1.82, 2.24) is 25.4 Å². The average Bonchev–Trinajstić information content (AvgIpc) is 3.00. The van der Waals surface area contributed by atoms with E-state index in [0.717, 1.165) is 0 Å². The topological polar surface area (TPSA) is 72.3 Å². The lowest BCUT2D eigenvalue weighted by atomic mass is 10.1. The highest BCUT2D eigenvalue weighted by atomic mass is 79.9. The van der Waals surface area contributed by atoms with Crippen LogP contribution in [0.2, 0.25) is 0 Å². The summed E-state index contributed by atoms with van der Waals surface area (Å²) in [5.41, 5.74) is 4.14. The van der Waals surface area contributed by atoms with Crippen LogP contribution in [0.4, 0.5) is 0 Å². The molecule has 0 spiro atoms. The van der Waals surface area contributed by atoms with Crippen molar-refractivity contribution in [3.8, 4) is 5.69 Å². The van der Waals surface area contributed by atoms with Crippen molar-refractivity contribution < 1.29 is 9.63 Å². The van der Waals surface area contributed by atoms with Gasteiger partial charge in [0.05, 0.1) is 36.3 Å². The Morgan fingerprint density at radius 1 is 1.22 bits per heavy atom. The monoisotopic (exact) mass is 381 g/mol. The Morgan fingerprint density at radius 3 is 2.65 bits per heavy atom. The van der Waals surface area contributed by atoms with E-state index in [1.54, 1.807) is 18.5 Å². The summed E-state index contributed by atoms with van der Waals surface area (Å²) in [6.45, 7) is 5.04. The van der Waals surface area contributed by atoms with Gasteiger partial charge in [-0.25, -0.2) is 5.48 Å². The van der Waals surface area contributed by atoms with Gasteiger partial charge in [0.2, 0.25) is 0 Å². The highest BCUT2D eigenvalue weighted by Gasteiger charge is 2.30. The molecule has 2 heterocycles. The van der Waals surface area contributed by atoms with Crippen molar-refractivity contribution in [3.63, 3.8) is 0 Å². The number of halogens is 1. The highest BCUT2D eigenvalue weighted by molar-refractivity contribution is 8.93. The third-order valence-electron chi connectivity index (χ3n) is 3.76. The van der Waals surface area contributed by atoms with Crippen LogP contribution in [0.3, 0.4) is 0 Å². The zero-order chi connectivity index (χ0) is 15.5. The first-order valence-corrected chi connectivity index (χ1v) is 7.31. The molecule has 2 aromatic rings. The van der Waals surface area contributed by atoms with Gasteiger partial charge in [-0.15, -0.1) is 17.0 Å². The lowest BCUT2D eigenvalue weighted by molar-refractivity contribution is 0.0341. The minimum absolute atomic E-state index is 0. The van der Waals surface area contributed by atoms with Gasteiger partial charge in [-0.1, -0.05) is 12.1 Å². The third kappa shape index (κ3) is 3.60. The normalized spacial score (nSPS) is 21.4. The average molecular weight is 382 g/mol. The van der Waals surface area contributed by atoms with E-state index in [1.807, 2.05) is 36.9 Å². The second-order valence-corrected chi connectivity index (χ2v) is 5.41. The second-order valence-electron chi connectivity index (χ2n) is 5.41. The van der Waals surface area contributed by atoms with E-state index in [9.17, 15) is 4.79 Å². The number of benzene rings is 1. The fourth-order valence-electron chi connectivity index (χ4n) is 2.68. The number of para-hydroxylation sites is 1. The SMILES string of the molecule is Br.C[C@@H]1CONC[C@H](C)N1C(=O)c1ccccc1-n1nccn1. The summed E-state index contributed by atoms with van der Waals surface area (Å²) in [6, 6.07) is 7.38. The van der Waals surface area contributed by atoms with E-state index >= 15 is 0 Å². The molecule has 124 valence electrons. The molecule has 8 heteroatoms. The Morgan fingerprint density at radius 2 is 1.91 bits per heavy atom. The molecule has 7 nitrogen and oxygen atoms in total. The van der Waals surface area contributed by atoms with Crippen LogP contribution in [-0.4, -0.2) is 51.0 Å². The number of hydrogen-bond acceptors (Lipinski definition) is 5. The fourth-order valence-corrected chi connectivity index (χ4v) is 2.68. The van der Waals surface area contributed by atoms with Crippen LogP contribution in [0.15, 0.2) is 36.7 Å². The Labute approximate surface area is 145 Å². The summed E-state index contributed by atoms with van der Waals surface area (Å²) < 4.78 is 0. The Balaban J connectivity index is 0.00000192. The first-order valence-electron chi connectivity index (χ1n) is 7.31. The van der Waals surface area contributed by atoms with Crippen molar-refractivity contribution in [1.29, 1.82) is 0 Å². The Bertz CT molecular complexity index is 637. The first kappa shape index (κ1) is 17.6. The molecule has 0 saturated carbocycles. The molecule has 2 atom stereocenters. The summed E-state index contributed by atoms with van der Waals surface area (Å²) in [4.78, 5) is 21.7. The van der Waals surface area contributed by atoms with Gasteiger partial charge in [0.25, 0.3) is 5.91 Å². The molecule has 0 aliphatic carbocycles. The Kier molecular flexibility index (Phi) is 5.86. The van der Waals surface area contributed by atoms with E-state index in [0.29, 0.717) is 24.4 Å². The van der Waals surface area contributed by atoms with Gasteiger partial charge in [-0.05, 0) is 26.0 Å². The highest BCUT2D eigenvalue weighted by Crippen LogP contribution is 2.19. The molecule has 1 aliphatic heterocycles. The van der Waals surface area contributed by atoms with Crippen LogP contribution in [-0.2, 0) is 4.84 Å². The van der Waals surface area contributed by atoms with Gasteiger partial charge >= 0.3 is 0 Å². The molecular weight excluding hydrogens is 362 g/mol. The van der Waals surface area contributed by atoms with Crippen LogP contribution >= 0.6 is 17.0 Å². The van der Waals surface area contributed by atoms with Gasteiger partial charge in [0.15, 0.2) is 0 Å². The van der Waals surface area contributed by atoms with Crippen LogP contribution in [0.25, 0.3) is 5.69 Å². The van der Waals surface area contributed by atoms with E-state index in [2.05, 4.69) is 15.7 Å².